The third-order valence-electron chi connectivity index (χ3n) is 5.33. The molecular formula is C20H27N7O4S. The van der Waals surface area contributed by atoms with Gasteiger partial charge < -0.3 is 25.0 Å². The number of nitrogens with zero attached hydrogens (tertiary/aromatic N) is 5. The number of thiazole rings is 1. The first-order chi connectivity index (χ1) is 15.4. The van der Waals surface area contributed by atoms with Crippen LogP contribution >= 0.6 is 11.3 Å². The van der Waals surface area contributed by atoms with Crippen LogP contribution in [0, 0.1) is 6.92 Å². The number of amides is 1. The predicted octanol–water partition coefficient (Wildman–Crippen LogP) is 1.06. The number of anilines is 4. The van der Waals surface area contributed by atoms with E-state index in [9.17, 15) is 14.7 Å². The van der Waals surface area contributed by atoms with Crippen molar-refractivity contribution in [1.82, 2.24) is 20.3 Å². The Hall–Kier alpha value is -2.99. The lowest BCUT2D eigenvalue weighted by Crippen LogP contribution is -2.48. The number of hydrogen-bond acceptors (Lipinski definition) is 11. The molecule has 12 heteroatoms. The van der Waals surface area contributed by atoms with Crippen LogP contribution in [0.5, 0.6) is 0 Å². The minimum atomic E-state index is -0.405. The summed E-state index contributed by atoms with van der Waals surface area (Å²) in [5.74, 6) is 1.23. The SMILES string of the molecule is CCOC(=O)c1sc(Nc2nc(N3CCC(O)CC3)cc(N3CCNC(=O)C3)n2)nc1C. The number of hydrogen-bond donors (Lipinski definition) is 3. The Kier molecular flexibility index (Phi) is 6.70. The van der Waals surface area contributed by atoms with Gasteiger partial charge in [-0.25, -0.2) is 9.78 Å². The standard InChI is InChI=1S/C20H27N7O4S/c1-3-31-18(30)17-12(2)22-20(32-17)25-19-23-14(26-7-4-13(28)5-8-26)10-15(24-19)27-9-6-21-16(29)11-27/h10,13,28H,3-9,11H2,1-2H3,(H,21,29)(H,22,23,24,25). The van der Waals surface area contributed by atoms with Gasteiger partial charge in [0, 0.05) is 32.2 Å². The fourth-order valence-electron chi connectivity index (χ4n) is 3.66. The van der Waals surface area contributed by atoms with Crippen molar-refractivity contribution in [1.29, 1.82) is 0 Å². The van der Waals surface area contributed by atoms with E-state index in [2.05, 4.69) is 30.5 Å². The van der Waals surface area contributed by atoms with Crippen LogP contribution in [-0.4, -0.2) is 77.4 Å². The molecule has 4 heterocycles. The van der Waals surface area contributed by atoms with Crippen LogP contribution in [-0.2, 0) is 9.53 Å². The molecule has 172 valence electrons. The molecule has 2 aromatic rings. The van der Waals surface area contributed by atoms with E-state index in [4.69, 9.17) is 4.74 Å². The number of aliphatic hydroxyl groups is 1. The van der Waals surface area contributed by atoms with E-state index in [-0.39, 0.29) is 18.6 Å². The lowest BCUT2D eigenvalue weighted by molar-refractivity contribution is -0.120. The van der Waals surface area contributed by atoms with Gasteiger partial charge in [0.2, 0.25) is 11.9 Å². The molecule has 2 fully saturated rings. The molecule has 0 aromatic carbocycles. The molecule has 0 saturated carbocycles. The highest BCUT2D eigenvalue weighted by molar-refractivity contribution is 7.17. The zero-order chi connectivity index (χ0) is 22.7. The average Bonchev–Trinajstić information content (AvgIpc) is 3.14. The normalized spacial score (nSPS) is 17.3. The number of carbonyl (C=O) groups is 2. The minimum Gasteiger partial charge on any atom is -0.462 e. The van der Waals surface area contributed by atoms with Gasteiger partial charge in [-0.2, -0.15) is 9.97 Å². The number of aliphatic hydroxyl groups excluding tert-OH is 1. The summed E-state index contributed by atoms with van der Waals surface area (Å²) in [4.78, 5) is 42.2. The topological polar surface area (TPSA) is 133 Å². The van der Waals surface area contributed by atoms with E-state index >= 15 is 0 Å². The summed E-state index contributed by atoms with van der Waals surface area (Å²) in [7, 11) is 0. The van der Waals surface area contributed by atoms with Crippen LogP contribution in [0.2, 0.25) is 0 Å². The summed E-state index contributed by atoms with van der Waals surface area (Å²) in [5, 5.41) is 16.3. The van der Waals surface area contributed by atoms with Crippen LogP contribution in [0.4, 0.5) is 22.7 Å². The Morgan fingerprint density at radius 1 is 1.25 bits per heavy atom. The fraction of sp³-hybridized carbons (Fsp3) is 0.550. The average molecular weight is 462 g/mol. The van der Waals surface area contributed by atoms with Crippen LogP contribution in [0.25, 0.3) is 0 Å². The van der Waals surface area contributed by atoms with Gasteiger partial charge in [-0.1, -0.05) is 11.3 Å². The smallest absolute Gasteiger partial charge is 0.350 e. The molecular weight excluding hydrogens is 434 g/mol. The van der Waals surface area contributed by atoms with Gasteiger partial charge in [0.05, 0.1) is 24.9 Å². The summed E-state index contributed by atoms with van der Waals surface area (Å²) in [6.07, 6.45) is 1.04. The second kappa shape index (κ2) is 9.65. The molecule has 0 spiro atoms. The van der Waals surface area contributed by atoms with Gasteiger partial charge in [0.25, 0.3) is 0 Å². The lowest BCUT2D eigenvalue weighted by atomic mass is 10.1. The van der Waals surface area contributed by atoms with Gasteiger partial charge in [-0.15, -0.1) is 0 Å². The number of piperazine rings is 1. The van der Waals surface area contributed by atoms with Gasteiger partial charge in [-0.3, -0.25) is 10.1 Å². The summed E-state index contributed by atoms with van der Waals surface area (Å²) in [6.45, 7) is 6.58. The van der Waals surface area contributed by atoms with Crippen molar-refractivity contribution in [3.8, 4) is 0 Å². The third kappa shape index (κ3) is 5.07. The molecule has 0 bridgehead atoms. The van der Waals surface area contributed by atoms with Crippen molar-refractivity contribution in [2.75, 3.05) is 54.4 Å². The molecule has 0 unspecified atom stereocenters. The molecule has 0 atom stereocenters. The number of esters is 1. The second-order valence-corrected chi connectivity index (χ2v) is 8.68. The highest BCUT2D eigenvalue weighted by Gasteiger charge is 2.24. The number of carbonyl (C=O) groups excluding carboxylic acids is 2. The van der Waals surface area contributed by atoms with E-state index in [1.54, 1.807) is 13.8 Å². The molecule has 0 radical (unpaired) electrons. The second-order valence-electron chi connectivity index (χ2n) is 7.68. The molecule has 2 aromatic heterocycles. The first-order valence-corrected chi connectivity index (χ1v) is 11.5. The number of nitrogens with one attached hydrogen (secondary N) is 2. The highest BCUT2D eigenvalue weighted by atomic mass is 32.1. The first-order valence-electron chi connectivity index (χ1n) is 10.7. The largest absolute Gasteiger partial charge is 0.462 e. The molecule has 4 rings (SSSR count). The Balaban J connectivity index is 1.62. The molecule has 11 nitrogen and oxygen atoms in total. The molecule has 0 aliphatic carbocycles. The summed E-state index contributed by atoms with van der Waals surface area (Å²) in [6, 6.07) is 1.87. The van der Waals surface area contributed by atoms with Crippen molar-refractivity contribution >= 4 is 45.9 Å². The maximum atomic E-state index is 12.1. The van der Waals surface area contributed by atoms with E-state index < -0.39 is 5.97 Å². The predicted molar refractivity (Wildman–Crippen MR) is 121 cm³/mol. The number of ether oxygens (including phenoxy) is 1. The van der Waals surface area contributed by atoms with Gasteiger partial charge >= 0.3 is 5.97 Å². The zero-order valence-electron chi connectivity index (χ0n) is 18.1. The molecule has 3 N–H and O–H groups in total. The summed E-state index contributed by atoms with van der Waals surface area (Å²) < 4.78 is 5.09. The summed E-state index contributed by atoms with van der Waals surface area (Å²) >= 11 is 1.18. The van der Waals surface area contributed by atoms with Gasteiger partial charge in [0.15, 0.2) is 5.13 Å². The first kappa shape index (κ1) is 22.2. The lowest BCUT2D eigenvalue weighted by Gasteiger charge is -2.32. The van der Waals surface area contributed by atoms with Crippen molar-refractivity contribution in [3.05, 3.63) is 16.6 Å². The molecule has 1 amide bonds. The Morgan fingerprint density at radius 3 is 2.66 bits per heavy atom. The number of piperidine rings is 1. The van der Waals surface area contributed by atoms with E-state index in [1.807, 2.05) is 11.0 Å². The van der Waals surface area contributed by atoms with Crippen LogP contribution in [0.1, 0.15) is 35.1 Å². The highest BCUT2D eigenvalue weighted by Crippen LogP contribution is 2.29. The molecule has 32 heavy (non-hydrogen) atoms. The number of aryl methyl sites for hydroxylation is 1. The maximum Gasteiger partial charge on any atom is 0.350 e. The van der Waals surface area contributed by atoms with Crippen LogP contribution in [0.3, 0.4) is 0 Å². The molecule has 2 aliphatic rings. The Labute approximate surface area is 189 Å². The van der Waals surface area contributed by atoms with E-state index in [0.29, 0.717) is 78.9 Å². The molecule has 2 saturated heterocycles. The van der Waals surface area contributed by atoms with Gasteiger partial charge in [0.1, 0.15) is 16.5 Å². The Morgan fingerprint density at radius 2 is 1.97 bits per heavy atom. The number of rotatable bonds is 6. The molecule has 2 aliphatic heterocycles. The number of aromatic nitrogens is 3. The van der Waals surface area contributed by atoms with E-state index in [0.717, 1.165) is 0 Å². The minimum absolute atomic E-state index is 0.0540. The van der Waals surface area contributed by atoms with Crippen LogP contribution < -0.4 is 20.4 Å². The maximum absolute atomic E-state index is 12.1. The van der Waals surface area contributed by atoms with Crippen molar-refractivity contribution in [2.24, 2.45) is 0 Å². The quantitative estimate of drug-likeness (QED) is 0.536. The van der Waals surface area contributed by atoms with Crippen LogP contribution in [0.15, 0.2) is 6.07 Å². The van der Waals surface area contributed by atoms with Crippen molar-refractivity contribution in [3.63, 3.8) is 0 Å². The van der Waals surface area contributed by atoms with Gasteiger partial charge in [-0.05, 0) is 26.7 Å². The van der Waals surface area contributed by atoms with E-state index in [1.165, 1.54) is 11.3 Å². The monoisotopic (exact) mass is 461 g/mol. The zero-order valence-corrected chi connectivity index (χ0v) is 18.9. The van der Waals surface area contributed by atoms with Crippen molar-refractivity contribution < 1.29 is 19.4 Å². The third-order valence-corrected chi connectivity index (χ3v) is 6.38. The fourth-order valence-corrected chi connectivity index (χ4v) is 4.52. The van der Waals surface area contributed by atoms with Crippen molar-refractivity contribution in [2.45, 2.75) is 32.8 Å². The summed E-state index contributed by atoms with van der Waals surface area (Å²) in [5.41, 5.74) is 0.574. The Bertz CT molecular complexity index is 990.